The first-order valence-electron chi connectivity index (χ1n) is 8.34. The summed E-state index contributed by atoms with van der Waals surface area (Å²) >= 11 is 0. The SMILES string of the molecule is CCCN1CCN(Cc2cc(CNC(C)C)oc2C)CC1. The van der Waals surface area contributed by atoms with E-state index < -0.39 is 0 Å². The minimum atomic E-state index is 0.491. The summed E-state index contributed by atoms with van der Waals surface area (Å²) < 4.78 is 5.87. The number of hydrogen-bond acceptors (Lipinski definition) is 4. The highest BCUT2D eigenvalue weighted by molar-refractivity contribution is 5.20. The lowest BCUT2D eigenvalue weighted by Gasteiger charge is -2.34. The molecule has 4 heteroatoms. The molecule has 0 aromatic carbocycles. The second-order valence-electron chi connectivity index (χ2n) is 6.45. The summed E-state index contributed by atoms with van der Waals surface area (Å²) in [4.78, 5) is 5.11. The Bertz CT molecular complexity index is 420. The Morgan fingerprint density at radius 2 is 1.86 bits per heavy atom. The molecule has 120 valence electrons. The molecule has 1 aromatic heterocycles. The average molecular weight is 293 g/mol. The van der Waals surface area contributed by atoms with Crippen LogP contribution in [0, 0.1) is 6.92 Å². The smallest absolute Gasteiger partial charge is 0.118 e. The van der Waals surface area contributed by atoms with Crippen LogP contribution in [0.25, 0.3) is 0 Å². The van der Waals surface area contributed by atoms with Crippen LogP contribution in [0.2, 0.25) is 0 Å². The topological polar surface area (TPSA) is 31.6 Å². The van der Waals surface area contributed by atoms with Crippen molar-refractivity contribution in [2.24, 2.45) is 0 Å². The van der Waals surface area contributed by atoms with Crippen molar-refractivity contribution < 1.29 is 4.42 Å². The Morgan fingerprint density at radius 3 is 2.48 bits per heavy atom. The molecule has 0 saturated carbocycles. The maximum absolute atomic E-state index is 5.87. The lowest BCUT2D eigenvalue weighted by molar-refractivity contribution is 0.127. The van der Waals surface area contributed by atoms with E-state index in [0.29, 0.717) is 6.04 Å². The van der Waals surface area contributed by atoms with Crippen LogP contribution in [-0.2, 0) is 13.1 Å². The molecule has 1 aliphatic rings. The molecule has 1 aromatic rings. The number of nitrogens with one attached hydrogen (secondary N) is 1. The van der Waals surface area contributed by atoms with Crippen LogP contribution in [0.5, 0.6) is 0 Å². The van der Waals surface area contributed by atoms with Gasteiger partial charge in [0.1, 0.15) is 11.5 Å². The molecule has 2 rings (SSSR count). The Hall–Kier alpha value is -0.840. The number of hydrogen-bond donors (Lipinski definition) is 1. The molecular formula is C17H31N3O. The Morgan fingerprint density at radius 1 is 1.19 bits per heavy atom. The third-order valence-corrected chi connectivity index (χ3v) is 4.15. The summed E-state index contributed by atoms with van der Waals surface area (Å²) in [7, 11) is 0. The molecule has 21 heavy (non-hydrogen) atoms. The first kappa shape index (κ1) is 16.5. The van der Waals surface area contributed by atoms with Crippen molar-refractivity contribution in [2.45, 2.75) is 53.2 Å². The molecule has 4 nitrogen and oxygen atoms in total. The lowest BCUT2D eigenvalue weighted by Crippen LogP contribution is -2.46. The van der Waals surface area contributed by atoms with Gasteiger partial charge in [-0.25, -0.2) is 0 Å². The minimum absolute atomic E-state index is 0.491. The normalized spacial score (nSPS) is 17.8. The zero-order valence-corrected chi connectivity index (χ0v) is 14.1. The van der Waals surface area contributed by atoms with Gasteiger partial charge in [0.15, 0.2) is 0 Å². The predicted molar refractivity (Wildman–Crippen MR) is 87.4 cm³/mol. The molecule has 1 saturated heterocycles. The van der Waals surface area contributed by atoms with E-state index in [1.165, 1.54) is 44.7 Å². The van der Waals surface area contributed by atoms with Gasteiger partial charge in [-0.3, -0.25) is 4.90 Å². The third-order valence-electron chi connectivity index (χ3n) is 4.15. The van der Waals surface area contributed by atoms with Crippen LogP contribution in [0.4, 0.5) is 0 Å². The summed E-state index contributed by atoms with van der Waals surface area (Å²) in [6.07, 6.45) is 1.26. The first-order valence-corrected chi connectivity index (χ1v) is 8.34. The van der Waals surface area contributed by atoms with Crippen molar-refractivity contribution in [3.05, 3.63) is 23.2 Å². The molecular weight excluding hydrogens is 262 g/mol. The van der Waals surface area contributed by atoms with Crippen LogP contribution < -0.4 is 5.32 Å². The second-order valence-corrected chi connectivity index (χ2v) is 6.45. The van der Waals surface area contributed by atoms with Crippen molar-refractivity contribution in [1.82, 2.24) is 15.1 Å². The predicted octanol–water partition coefficient (Wildman–Crippen LogP) is 2.61. The Labute approximate surface area is 129 Å². The Kier molecular flexibility index (Phi) is 6.27. The average Bonchev–Trinajstić information content (AvgIpc) is 2.80. The van der Waals surface area contributed by atoms with Gasteiger partial charge in [-0.15, -0.1) is 0 Å². The fourth-order valence-electron chi connectivity index (χ4n) is 2.86. The van der Waals surface area contributed by atoms with Gasteiger partial charge in [0.2, 0.25) is 0 Å². The van der Waals surface area contributed by atoms with Crippen molar-refractivity contribution >= 4 is 0 Å². The van der Waals surface area contributed by atoms with E-state index in [9.17, 15) is 0 Å². The van der Waals surface area contributed by atoms with Crippen molar-refractivity contribution in [3.8, 4) is 0 Å². The van der Waals surface area contributed by atoms with E-state index in [4.69, 9.17) is 4.42 Å². The van der Waals surface area contributed by atoms with Gasteiger partial charge in [-0.1, -0.05) is 20.8 Å². The number of rotatable bonds is 7. The van der Waals surface area contributed by atoms with Gasteiger partial charge in [0.05, 0.1) is 6.54 Å². The molecule has 1 fully saturated rings. The summed E-state index contributed by atoms with van der Waals surface area (Å²) in [6.45, 7) is 16.5. The number of nitrogens with zero attached hydrogens (tertiary/aromatic N) is 2. The van der Waals surface area contributed by atoms with Crippen molar-refractivity contribution in [1.29, 1.82) is 0 Å². The zero-order valence-electron chi connectivity index (χ0n) is 14.1. The maximum Gasteiger partial charge on any atom is 0.118 e. The van der Waals surface area contributed by atoms with E-state index in [1.807, 2.05) is 0 Å². The van der Waals surface area contributed by atoms with Gasteiger partial charge >= 0.3 is 0 Å². The molecule has 0 radical (unpaired) electrons. The van der Waals surface area contributed by atoms with Gasteiger partial charge in [0, 0.05) is 44.3 Å². The summed E-state index contributed by atoms with van der Waals surface area (Å²) in [6, 6.07) is 2.72. The lowest BCUT2D eigenvalue weighted by atomic mass is 10.2. The quantitative estimate of drug-likeness (QED) is 0.837. The fourth-order valence-corrected chi connectivity index (χ4v) is 2.86. The fraction of sp³-hybridized carbons (Fsp3) is 0.765. The van der Waals surface area contributed by atoms with E-state index in [2.05, 4.69) is 48.9 Å². The number of furan rings is 1. The second kappa shape index (κ2) is 7.97. The summed E-state index contributed by atoms with van der Waals surface area (Å²) in [5, 5.41) is 3.41. The van der Waals surface area contributed by atoms with Gasteiger partial charge < -0.3 is 14.6 Å². The van der Waals surface area contributed by atoms with E-state index >= 15 is 0 Å². The van der Waals surface area contributed by atoms with Crippen LogP contribution in [0.15, 0.2) is 10.5 Å². The molecule has 1 N–H and O–H groups in total. The molecule has 2 heterocycles. The minimum Gasteiger partial charge on any atom is -0.465 e. The maximum atomic E-state index is 5.87. The molecule has 0 bridgehead atoms. The monoisotopic (exact) mass is 293 g/mol. The third kappa shape index (κ3) is 5.13. The largest absolute Gasteiger partial charge is 0.465 e. The zero-order chi connectivity index (χ0) is 15.2. The van der Waals surface area contributed by atoms with E-state index in [0.717, 1.165) is 24.6 Å². The van der Waals surface area contributed by atoms with Crippen molar-refractivity contribution in [3.63, 3.8) is 0 Å². The summed E-state index contributed by atoms with van der Waals surface area (Å²) in [5.41, 5.74) is 1.35. The molecule has 0 amide bonds. The molecule has 0 atom stereocenters. The molecule has 0 unspecified atom stereocenters. The standard InChI is InChI=1S/C17H31N3O/c1-5-6-19-7-9-20(10-8-19)13-16-11-17(21-15(16)4)12-18-14(2)3/h11,14,18H,5-10,12-13H2,1-4H3. The van der Waals surface area contributed by atoms with Crippen LogP contribution in [-0.4, -0.2) is 48.6 Å². The van der Waals surface area contributed by atoms with E-state index in [1.54, 1.807) is 0 Å². The van der Waals surface area contributed by atoms with Crippen LogP contribution >= 0.6 is 0 Å². The highest BCUT2D eigenvalue weighted by Crippen LogP contribution is 2.18. The van der Waals surface area contributed by atoms with Gasteiger partial charge in [-0.2, -0.15) is 0 Å². The molecule has 0 aliphatic carbocycles. The van der Waals surface area contributed by atoms with Crippen molar-refractivity contribution in [2.75, 3.05) is 32.7 Å². The highest BCUT2D eigenvalue weighted by Gasteiger charge is 2.18. The van der Waals surface area contributed by atoms with E-state index in [-0.39, 0.29) is 0 Å². The Balaban J connectivity index is 1.83. The number of aryl methyl sites for hydroxylation is 1. The van der Waals surface area contributed by atoms with Gasteiger partial charge in [-0.05, 0) is 26.0 Å². The van der Waals surface area contributed by atoms with Gasteiger partial charge in [0.25, 0.3) is 0 Å². The van der Waals surface area contributed by atoms with Crippen LogP contribution in [0.1, 0.15) is 44.3 Å². The molecule has 1 aliphatic heterocycles. The highest BCUT2D eigenvalue weighted by atomic mass is 16.3. The first-order chi connectivity index (χ1) is 10.1. The number of piperazine rings is 1. The summed E-state index contributed by atoms with van der Waals surface area (Å²) in [5.74, 6) is 2.13. The van der Waals surface area contributed by atoms with Crippen LogP contribution in [0.3, 0.4) is 0 Å². The molecule has 0 spiro atoms.